The van der Waals surface area contributed by atoms with Gasteiger partial charge in [-0.1, -0.05) is 18.2 Å². The van der Waals surface area contributed by atoms with Gasteiger partial charge >= 0.3 is 0 Å². The van der Waals surface area contributed by atoms with Gasteiger partial charge in [-0.25, -0.2) is 14.1 Å². The molecule has 0 bridgehead atoms. The van der Waals surface area contributed by atoms with Gasteiger partial charge in [-0.15, -0.1) is 16.4 Å². The Bertz CT molecular complexity index is 1210. The van der Waals surface area contributed by atoms with E-state index in [1.807, 2.05) is 17.5 Å². The van der Waals surface area contributed by atoms with Crippen LogP contribution in [0.4, 0.5) is 15.8 Å². The van der Waals surface area contributed by atoms with Crippen LogP contribution in [-0.2, 0) is 0 Å². The Morgan fingerprint density at radius 2 is 1.97 bits per heavy atom. The van der Waals surface area contributed by atoms with Crippen molar-refractivity contribution in [2.75, 3.05) is 5.32 Å². The Morgan fingerprint density at radius 1 is 1.14 bits per heavy atom. The Hall–Kier alpha value is -3.92. The SMILES string of the molecule is O=C(Nc1cccc([N+](=O)[O-])c1)c1nc(-c2cccs2)n(-c2cccc(F)c2)n1. The number of nitrogens with one attached hydrogen (secondary N) is 1. The monoisotopic (exact) mass is 409 g/mol. The summed E-state index contributed by atoms with van der Waals surface area (Å²) in [7, 11) is 0. The van der Waals surface area contributed by atoms with E-state index >= 15 is 0 Å². The van der Waals surface area contributed by atoms with E-state index in [0.29, 0.717) is 11.5 Å². The van der Waals surface area contributed by atoms with Crippen molar-refractivity contribution in [3.63, 3.8) is 0 Å². The summed E-state index contributed by atoms with van der Waals surface area (Å²) >= 11 is 1.40. The van der Waals surface area contributed by atoms with E-state index in [9.17, 15) is 19.3 Å². The fourth-order valence-electron chi connectivity index (χ4n) is 2.65. The van der Waals surface area contributed by atoms with Crippen LogP contribution in [0.3, 0.4) is 0 Å². The lowest BCUT2D eigenvalue weighted by Gasteiger charge is -2.04. The van der Waals surface area contributed by atoms with Crippen LogP contribution in [0.1, 0.15) is 10.6 Å². The molecule has 0 aliphatic carbocycles. The summed E-state index contributed by atoms with van der Waals surface area (Å²) in [4.78, 5) is 28.0. The number of amides is 1. The maximum atomic E-state index is 13.7. The highest BCUT2D eigenvalue weighted by Gasteiger charge is 2.20. The summed E-state index contributed by atoms with van der Waals surface area (Å²) in [5.41, 5.74) is 0.500. The first-order chi connectivity index (χ1) is 14.0. The van der Waals surface area contributed by atoms with Crippen LogP contribution in [0.2, 0.25) is 0 Å². The minimum Gasteiger partial charge on any atom is -0.319 e. The zero-order valence-corrected chi connectivity index (χ0v) is 15.5. The fraction of sp³-hybridized carbons (Fsp3) is 0. The number of nitro groups is 1. The quantitative estimate of drug-likeness (QED) is 0.391. The maximum absolute atomic E-state index is 13.7. The summed E-state index contributed by atoms with van der Waals surface area (Å²) in [6.45, 7) is 0. The van der Waals surface area contributed by atoms with Crippen molar-refractivity contribution >= 4 is 28.6 Å². The highest BCUT2D eigenvalue weighted by Crippen LogP contribution is 2.26. The molecule has 4 aromatic rings. The molecule has 0 radical (unpaired) electrons. The number of non-ortho nitro benzene ring substituents is 1. The zero-order chi connectivity index (χ0) is 20.4. The minimum absolute atomic E-state index is 0.149. The molecular weight excluding hydrogens is 397 g/mol. The number of thiophene rings is 1. The third-order valence-electron chi connectivity index (χ3n) is 3.92. The molecular formula is C19H12FN5O3S. The first kappa shape index (κ1) is 18.4. The Balaban J connectivity index is 1.71. The van der Waals surface area contributed by atoms with Crippen LogP contribution in [0.15, 0.2) is 66.0 Å². The Morgan fingerprint density at radius 3 is 2.69 bits per heavy atom. The van der Waals surface area contributed by atoms with Crippen molar-refractivity contribution in [2.45, 2.75) is 0 Å². The molecule has 0 saturated carbocycles. The van der Waals surface area contributed by atoms with Gasteiger partial charge in [0.05, 0.1) is 15.5 Å². The molecule has 0 aliphatic heterocycles. The molecule has 1 N–H and O–H groups in total. The number of halogens is 1. The third-order valence-corrected chi connectivity index (χ3v) is 4.79. The molecule has 10 heteroatoms. The van der Waals surface area contributed by atoms with Gasteiger partial charge in [0.1, 0.15) is 5.82 Å². The van der Waals surface area contributed by atoms with E-state index in [-0.39, 0.29) is 17.2 Å². The number of aromatic nitrogens is 3. The van der Waals surface area contributed by atoms with Crippen LogP contribution in [-0.4, -0.2) is 25.6 Å². The predicted molar refractivity (Wildman–Crippen MR) is 106 cm³/mol. The van der Waals surface area contributed by atoms with Crippen LogP contribution in [0.25, 0.3) is 16.4 Å². The Labute approximate surface area is 167 Å². The van der Waals surface area contributed by atoms with Gasteiger partial charge in [-0.2, -0.15) is 0 Å². The van der Waals surface area contributed by atoms with Crippen LogP contribution in [0.5, 0.6) is 0 Å². The lowest BCUT2D eigenvalue weighted by atomic mass is 10.3. The molecule has 1 amide bonds. The smallest absolute Gasteiger partial charge is 0.295 e. The van der Waals surface area contributed by atoms with Crippen molar-refractivity contribution in [1.29, 1.82) is 0 Å². The lowest BCUT2D eigenvalue weighted by Crippen LogP contribution is -2.14. The average Bonchev–Trinajstić information content (AvgIpc) is 3.38. The van der Waals surface area contributed by atoms with Crippen LogP contribution >= 0.6 is 11.3 Å². The molecule has 0 saturated heterocycles. The maximum Gasteiger partial charge on any atom is 0.295 e. The molecule has 29 heavy (non-hydrogen) atoms. The molecule has 2 heterocycles. The number of carbonyl (C=O) groups excluding carboxylic acids is 1. The number of nitrogens with zero attached hydrogens (tertiary/aromatic N) is 4. The summed E-state index contributed by atoms with van der Waals surface area (Å²) in [6.07, 6.45) is 0. The second-order valence-corrected chi connectivity index (χ2v) is 6.84. The van der Waals surface area contributed by atoms with Gasteiger partial charge in [0.25, 0.3) is 11.6 Å². The lowest BCUT2D eigenvalue weighted by molar-refractivity contribution is -0.384. The first-order valence-corrected chi connectivity index (χ1v) is 9.22. The number of carbonyl (C=O) groups is 1. The van der Waals surface area contributed by atoms with Crippen molar-refractivity contribution in [1.82, 2.24) is 14.8 Å². The number of benzene rings is 2. The van der Waals surface area contributed by atoms with Gasteiger partial charge in [-0.05, 0) is 35.7 Å². The molecule has 0 atom stereocenters. The molecule has 2 aromatic carbocycles. The molecule has 2 aromatic heterocycles. The van der Waals surface area contributed by atoms with Crippen molar-refractivity contribution < 1.29 is 14.1 Å². The predicted octanol–water partition coefficient (Wildman–Crippen LogP) is 4.30. The van der Waals surface area contributed by atoms with E-state index < -0.39 is 16.6 Å². The fourth-order valence-corrected chi connectivity index (χ4v) is 3.34. The summed E-state index contributed by atoms with van der Waals surface area (Å²) in [6, 6.07) is 15.0. The Kier molecular flexibility index (Phi) is 4.83. The van der Waals surface area contributed by atoms with Gasteiger partial charge in [0.2, 0.25) is 5.82 Å². The number of nitro benzene ring substituents is 1. The average molecular weight is 409 g/mol. The van der Waals surface area contributed by atoms with Gasteiger partial charge in [-0.3, -0.25) is 14.9 Å². The highest BCUT2D eigenvalue weighted by molar-refractivity contribution is 7.13. The van der Waals surface area contributed by atoms with E-state index in [1.54, 1.807) is 6.07 Å². The van der Waals surface area contributed by atoms with Gasteiger partial charge in [0, 0.05) is 17.8 Å². The topological polar surface area (TPSA) is 103 Å². The molecule has 0 aliphatic rings. The largest absolute Gasteiger partial charge is 0.319 e. The number of hydrogen-bond acceptors (Lipinski definition) is 6. The minimum atomic E-state index is -0.640. The zero-order valence-electron chi connectivity index (χ0n) is 14.7. The normalized spacial score (nSPS) is 10.7. The van der Waals surface area contributed by atoms with Gasteiger partial charge in [0.15, 0.2) is 5.82 Å². The standard InChI is InChI=1S/C19H12FN5O3S/c20-12-4-1-6-14(10-12)24-18(16-8-3-9-29-16)22-17(23-24)19(26)21-13-5-2-7-15(11-13)25(27)28/h1-11H,(H,21,26). The second-order valence-electron chi connectivity index (χ2n) is 5.89. The second kappa shape index (κ2) is 7.60. The van der Waals surface area contributed by atoms with Crippen molar-refractivity contribution in [2.24, 2.45) is 0 Å². The first-order valence-electron chi connectivity index (χ1n) is 8.34. The highest BCUT2D eigenvalue weighted by atomic mass is 32.1. The molecule has 144 valence electrons. The number of rotatable bonds is 5. The van der Waals surface area contributed by atoms with E-state index in [4.69, 9.17) is 0 Å². The van der Waals surface area contributed by atoms with Gasteiger partial charge < -0.3 is 5.32 Å². The molecule has 4 rings (SSSR count). The summed E-state index contributed by atoms with van der Waals surface area (Å²) < 4.78 is 15.1. The molecule has 8 nitrogen and oxygen atoms in total. The summed E-state index contributed by atoms with van der Waals surface area (Å²) in [5.74, 6) is -0.852. The molecule has 0 spiro atoms. The van der Waals surface area contributed by atoms with E-state index in [2.05, 4.69) is 15.4 Å². The number of anilines is 1. The molecule has 0 unspecified atom stereocenters. The van der Waals surface area contributed by atoms with Crippen molar-refractivity contribution in [3.8, 4) is 16.4 Å². The summed E-state index contributed by atoms with van der Waals surface area (Å²) in [5, 5.41) is 19.5. The van der Waals surface area contributed by atoms with E-state index in [0.717, 1.165) is 4.88 Å². The van der Waals surface area contributed by atoms with Crippen molar-refractivity contribution in [3.05, 3.63) is 87.8 Å². The van der Waals surface area contributed by atoms with Crippen LogP contribution in [0, 0.1) is 15.9 Å². The van der Waals surface area contributed by atoms with E-state index in [1.165, 1.54) is 58.5 Å². The number of hydrogen-bond donors (Lipinski definition) is 1. The third kappa shape index (κ3) is 3.87. The van der Waals surface area contributed by atoms with Crippen LogP contribution < -0.4 is 5.32 Å². The molecule has 0 fully saturated rings.